The fourth-order valence-electron chi connectivity index (χ4n) is 0.843. The maximum absolute atomic E-state index is 10.8. The number of unbranched alkanes of at least 4 members (excludes halogenated alkanes) is 2. The van der Waals surface area contributed by atoms with Crippen molar-refractivity contribution in [1.82, 2.24) is 0 Å². The van der Waals surface area contributed by atoms with Crippen LogP contribution in [0.1, 0.15) is 39.0 Å². The predicted molar refractivity (Wildman–Crippen MR) is 45.3 cm³/mol. The molecule has 3 heteroatoms. The Morgan fingerprint density at radius 1 is 1.25 bits per heavy atom. The molecule has 0 bridgehead atoms. The van der Waals surface area contributed by atoms with Gasteiger partial charge in [-0.15, -0.1) is 0 Å². The summed E-state index contributed by atoms with van der Waals surface area (Å²) in [5.74, 6) is -0.125. The van der Waals surface area contributed by atoms with E-state index in [2.05, 4.69) is 0 Å². The van der Waals surface area contributed by atoms with Crippen LogP contribution in [0.2, 0.25) is 0 Å². The minimum Gasteiger partial charge on any atom is -0.466 e. The molecule has 0 aromatic rings. The zero-order chi connectivity index (χ0) is 9.23. The highest BCUT2D eigenvalue weighted by atomic mass is 16.5. The van der Waals surface area contributed by atoms with Crippen molar-refractivity contribution in [3.05, 3.63) is 0 Å². The SMILES string of the molecule is CCCC(=O)OCCCCC[O]. The van der Waals surface area contributed by atoms with Crippen molar-refractivity contribution >= 4 is 5.97 Å². The second-order valence-electron chi connectivity index (χ2n) is 2.74. The molecule has 0 N–H and O–H groups in total. The maximum Gasteiger partial charge on any atom is 0.305 e. The van der Waals surface area contributed by atoms with Gasteiger partial charge in [-0.3, -0.25) is 4.79 Å². The Morgan fingerprint density at radius 2 is 2.00 bits per heavy atom. The summed E-state index contributed by atoms with van der Waals surface area (Å²) >= 11 is 0. The topological polar surface area (TPSA) is 46.2 Å². The van der Waals surface area contributed by atoms with Crippen LogP contribution in [0.25, 0.3) is 0 Å². The first-order valence-electron chi connectivity index (χ1n) is 4.55. The van der Waals surface area contributed by atoms with Crippen molar-refractivity contribution in [3.63, 3.8) is 0 Å². The molecule has 0 aromatic carbocycles. The fourth-order valence-corrected chi connectivity index (χ4v) is 0.843. The molecular weight excluding hydrogens is 156 g/mol. The molecule has 0 unspecified atom stereocenters. The molecule has 12 heavy (non-hydrogen) atoms. The lowest BCUT2D eigenvalue weighted by Crippen LogP contribution is -2.04. The van der Waals surface area contributed by atoms with E-state index in [0.29, 0.717) is 19.4 Å². The summed E-state index contributed by atoms with van der Waals surface area (Å²) in [6, 6.07) is 0. The van der Waals surface area contributed by atoms with E-state index in [4.69, 9.17) is 4.74 Å². The number of carbonyl (C=O) groups excluding carboxylic acids is 1. The molecule has 0 saturated heterocycles. The summed E-state index contributed by atoms with van der Waals surface area (Å²) in [6.45, 7) is 2.39. The largest absolute Gasteiger partial charge is 0.466 e. The first-order chi connectivity index (χ1) is 5.81. The maximum atomic E-state index is 10.8. The van der Waals surface area contributed by atoms with Crippen LogP contribution in [-0.2, 0) is 14.6 Å². The Labute approximate surface area is 73.7 Å². The van der Waals surface area contributed by atoms with Gasteiger partial charge in [-0.25, -0.2) is 5.11 Å². The predicted octanol–water partition coefficient (Wildman–Crippen LogP) is 1.93. The molecule has 0 aliphatic heterocycles. The number of hydrogen-bond donors (Lipinski definition) is 0. The Balaban J connectivity index is 3.03. The Kier molecular flexibility index (Phi) is 8.12. The second-order valence-corrected chi connectivity index (χ2v) is 2.74. The molecule has 0 saturated carbocycles. The zero-order valence-corrected chi connectivity index (χ0v) is 7.67. The van der Waals surface area contributed by atoms with Gasteiger partial charge in [0.1, 0.15) is 0 Å². The minimum atomic E-state index is -0.125. The molecule has 3 nitrogen and oxygen atoms in total. The number of ether oxygens (including phenoxy) is 1. The van der Waals surface area contributed by atoms with Crippen LogP contribution in [0.15, 0.2) is 0 Å². The molecule has 0 amide bonds. The lowest BCUT2D eigenvalue weighted by atomic mass is 10.2. The van der Waals surface area contributed by atoms with E-state index in [0.717, 1.165) is 19.3 Å². The van der Waals surface area contributed by atoms with E-state index < -0.39 is 0 Å². The normalized spacial score (nSPS) is 9.83. The minimum absolute atomic E-state index is 0.0249. The van der Waals surface area contributed by atoms with Crippen molar-refractivity contribution in [1.29, 1.82) is 0 Å². The van der Waals surface area contributed by atoms with Crippen molar-refractivity contribution in [3.8, 4) is 0 Å². The highest BCUT2D eigenvalue weighted by molar-refractivity contribution is 5.69. The zero-order valence-electron chi connectivity index (χ0n) is 7.67. The second kappa shape index (κ2) is 8.53. The van der Waals surface area contributed by atoms with Gasteiger partial charge < -0.3 is 4.74 Å². The van der Waals surface area contributed by atoms with Crippen LogP contribution >= 0.6 is 0 Å². The summed E-state index contributed by atoms with van der Waals surface area (Å²) in [6.07, 6.45) is 3.70. The van der Waals surface area contributed by atoms with Crippen LogP contribution in [0, 0.1) is 0 Å². The van der Waals surface area contributed by atoms with E-state index in [1.54, 1.807) is 0 Å². The van der Waals surface area contributed by atoms with Crippen molar-refractivity contribution < 1.29 is 14.6 Å². The van der Waals surface area contributed by atoms with Crippen LogP contribution in [-0.4, -0.2) is 19.2 Å². The smallest absolute Gasteiger partial charge is 0.305 e. The summed E-state index contributed by atoms with van der Waals surface area (Å²) < 4.78 is 4.89. The van der Waals surface area contributed by atoms with Crippen LogP contribution in [0.3, 0.4) is 0 Å². The lowest BCUT2D eigenvalue weighted by Gasteiger charge is -2.02. The summed E-state index contributed by atoms with van der Waals surface area (Å²) in [4.78, 5) is 10.8. The van der Waals surface area contributed by atoms with E-state index >= 15 is 0 Å². The fraction of sp³-hybridized carbons (Fsp3) is 0.889. The highest BCUT2D eigenvalue weighted by Gasteiger charge is 1.98. The molecule has 0 fully saturated rings. The van der Waals surface area contributed by atoms with Gasteiger partial charge in [0.25, 0.3) is 0 Å². The highest BCUT2D eigenvalue weighted by Crippen LogP contribution is 1.97. The van der Waals surface area contributed by atoms with Crippen LogP contribution in [0.5, 0.6) is 0 Å². The average molecular weight is 173 g/mol. The van der Waals surface area contributed by atoms with Gasteiger partial charge in [0.2, 0.25) is 0 Å². The first kappa shape index (κ1) is 11.4. The molecule has 0 rings (SSSR count). The van der Waals surface area contributed by atoms with Crippen molar-refractivity contribution in [2.75, 3.05) is 13.2 Å². The Morgan fingerprint density at radius 3 is 2.58 bits per heavy atom. The van der Waals surface area contributed by atoms with Gasteiger partial charge in [-0.05, 0) is 25.7 Å². The third-order valence-electron chi connectivity index (χ3n) is 1.51. The molecule has 71 valence electrons. The van der Waals surface area contributed by atoms with Crippen molar-refractivity contribution in [2.45, 2.75) is 39.0 Å². The molecule has 0 aromatic heterocycles. The summed E-state index contributed by atoms with van der Waals surface area (Å²) in [5, 5.41) is 10.0. The Hall–Kier alpha value is -0.570. The monoisotopic (exact) mass is 173 g/mol. The molecule has 0 heterocycles. The number of hydrogen-bond acceptors (Lipinski definition) is 2. The molecule has 1 radical (unpaired) electrons. The first-order valence-corrected chi connectivity index (χ1v) is 4.55. The molecule has 0 aliphatic rings. The van der Waals surface area contributed by atoms with Gasteiger partial charge in [-0.2, -0.15) is 0 Å². The summed E-state index contributed by atoms with van der Waals surface area (Å²) in [7, 11) is 0. The third kappa shape index (κ3) is 7.54. The number of esters is 1. The van der Waals surface area contributed by atoms with Crippen molar-refractivity contribution in [2.24, 2.45) is 0 Å². The molecule has 0 atom stereocenters. The van der Waals surface area contributed by atoms with Gasteiger partial charge in [-0.1, -0.05) is 6.92 Å². The summed E-state index contributed by atoms with van der Waals surface area (Å²) in [5.41, 5.74) is 0. The quantitative estimate of drug-likeness (QED) is 0.436. The van der Waals surface area contributed by atoms with E-state index in [9.17, 15) is 9.90 Å². The van der Waals surface area contributed by atoms with Gasteiger partial charge >= 0.3 is 5.97 Å². The van der Waals surface area contributed by atoms with Gasteiger partial charge in [0.15, 0.2) is 0 Å². The van der Waals surface area contributed by atoms with E-state index in [1.165, 1.54) is 0 Å². The molecule has 0 aliphatic carbocycles. The number of carbonyl (C=O) groups is 1. The standard InChI is InChI=1S/C9H17O3/c1-2-6-9(11)12-8-5-3-4-7-10/h2-8H2,1H3. The van der Waals surface area contributed by atoms with E-state index in [1.807, 2.05) is 6.92 Å². The van der Waals surface area contributed by atoms with Crippen LogP contribution < -0.4 is 0 Å². The molecular formula is C9H17O3. The Bertz CT molecular complexity index is 112. The number of rotatable bonds is 7. The third-order valence-corrected chi connectivity index (χ3v) is 1.51. The average Bonchev–Trinajstić information content (AvgIpc) is 2.05. The van der Waals surface area contributed by atoms with Gasteiger partial charge in [0, 0.05) is 6.42 Å². The molecule has 0 spiro atoms. The lowest BCUT2D eigenvalue weighted by molar-refractivity contribution is -0.143. The van der Waals surface area contributed by atoms with E-state index in [-0.39, 0.29) is 12.6 Å². The van der Waals surface area contributed by atoms with Crippen LogP contribution in [0.4, 0.5) is 0 Å². The van der Waals surface area contributed by atoms with Gasteiger partial charge in [0.05, 0.1) is 13.2 Å².